The minimum Gasteiger partial charge on any atom is -0.354 e. The number of hydrogen-bond donors (Lipinski definition) is 2. The van der Waals surface area contributed by atoms with Crippen LogP contribution in [0.1, 0.15) is 24.4 Å². The number of amides is 1. The molecule has 1 atom stereocenters. The Balaban J connectivity index is 1.80. The van der Waals surface area contributed by atoms with E-state index in [0.717, 1.165) is 18.4 Å². The van der Waals surface area contributed by atoms with E-state index in [1.54, 1.807) is 0 Å². The molecule has 1 amide bonds. The smallest absolute Gasteiger partial charge is 0.223 e. The Morgan fingerprint density at radius 3 is 2.59 bits per heavy atom. The number of nitrogens with one attached hydrogen (secondary N) is 1. The fraction of sp³-hybridized carbons (Fsp3) is 0.357. The second kappa shape index (κ2) is 5.64. The van der Waals surface area contributed by atoms with Crippen LogP contribution in [0.25, 0.3) is 0 Å². The third-order valence-corrected chi connectivity index (χ3v) is 3.10. The number of allylic oxidation sites excluding steroid dienone is 2. The first-order valence-corrected chi connectivity index (χ1v) is 6.00. The Bertz CT molecular complexity index is 392. The number of carbonyl (C=O) groups excluding carboxylic acids is 1. The summed E-state index contributed by atoms with van der Waals surface area (Å²) in [7, 11) is 0. The molecule has 0 fully saturated rings. The van der Waals surface area contributed by atoms with Crippen LogP contribution >= 0.6 is 0 Å². The zero-order chi connectivity index (χ0) is 12.1. The molecule has 1 aromatic rings. The number of rotatable bonds is 4. The Hall–Kier alpha value is -1.61. The predicted octanol–water partition coefficient (Wildman–Crippen LogP) is 1.77. The quantitative estimate of drug-likeness (QED) is 0.774. The zero-order valence-corrected chi connectivity index (χ0v) is 9.80. The van der Waals surface area contributed by atoms with E-state index in [1.807, 2.05) is 30.3 Å². The van der Waals surface area contributed by atoms with Gasteiger partial charge in [0.25, 0.3) is 0 Å². The molecule has 17 heavy (non-hydrogen) atoms. The maximum atomic E-state index is 11.8. The first-order chi connectivity index (χ1) is 8.27. The summed E-state index contributed by atoms with van der Waals surface area (Å²) in [5.74, 6) is 0.222. The normalized spacial score (nSPS) is 17.0. The van der Waals surface area contributed by atoms with E-state index in [0.29, 0.717) is 6.54 Å². The molecule has 90 valence electrons. The summed E-state index contributed by atoms with van der Waals surface area (Å²) >= 11 is 0. The monoisotopic (exact) mass is 230 g/mol. The van der Waals surface area contributed by atoms with Gasteiger partial charge < -0.3 is 11.1 Å². The molecule has 0 aromatic heterocycles. The molecule has 0 saturated carbocycles. The van der Waals surface area contributed by atoms with Gasteiger partial charge in [-0.1, -0.05) is 42.5 Å². The zero-order valence-electron chi connectivity index (χ0n) is 9.80. The van der Waals surface area contributed by atoms with Crippen molar-refractivity contribution < 1.29 is 4.79 Å². The molecule has 0 bridgehead atoms. The van der Waals surface area contributed by atoms with E-state index in [1.165, 1.54) is 0 Å². The second-order valence-electron chi connectivity index (χ2n) is 4.40. The molecule has 1 aliphatic carbocycles. The Morgan fingerprint density at radius 1 is 1.29 bits per heavy atom. The molecular weight excluding hydrogens is 212 g/mol. The first-order valence-electron chi connectivity index (χ1n) is 6.00. The molecule has 2 rings (SSSR count). The van der Waals surface area contributed by atoms with E-state index in [4.69, 9.17) is 5.73 Å². The van der Waals surface area contributed by atoms with Gasteiger partial charge in [0.1, 0.15) is 0 Å². The van der Waals surface area contributed by atoms with Crippen molar-refractivity contribution in [2.75, 3.05) is 6.54 Å². The second-order valence-corrected chi connectivity index (χ2v) is 4.40. The summed E-state index contributed by atoms with van der Waals surface area (Å²) in [6, 6.07) is 9.70. The summed E-state index contributed by atoms with van der Waals surface area (Å²) < 4.78 is 0. The van der Waals surface area contributed by atoms with Gasteiger partial charge in [-0.25, -0.2) is 0 Å². The molecule has 0 spiro atoms. The fourth-order valence-corrected chi connectivity index (χ4v) is 2.00. The van der Waals surface area contributed by atoms with Crippen LogP contribution in [0, 0.1) is 5.92 Å². The van der Waals surface area contributed by atoms with Gasteiger partial charge in [-0.3, -0.25) is 4.79 Å². The first kappa shape index (κ1) is 11.9. The van der Waals surface area contributed by atoms with Gasteiger partial charge in [0.15, 0.2) is 0 Å². The summed E-state index contributed by atoms with van der Waals surface area (Å²) in [6.45, 7) is 0.499. The van der Waals surface area contributed by atoms with Crippen LogP contribution in [-0.2, 0) is 4.79 Å². The molecule has 3 heteroatoms. The highest BCUT2D eigenvalue weighted by Gasteiger charge is 2.19. The van der Waals surface area contributed by atoms with Gasteiger partial charge in [0.2, 0.25) is 5.91 Å². The molecule has 0 radical (unpaired) electrons. The third-order valence-electron chi connectivity index (χ3n) is 3.10. The SMILES string of the molecule is NC(CNC(=O)C1CC=CC1)c1ccccc1. The van der Waals surface area contributed by atoms with E-state index in [2.05, 4.69) is 17.5 Å². The van der Waals surface area contributed by atoms with Crippen LogP contribution in [0.3, 0.4) is 0 Å². The predicted molar refractivity (Wildman–Crippen MR) is 68.2 cm³/mol. The highest BCUT2D eigenvalue weighted by Crippen LogP contribution is 2.17. The summed E-state index contributed by atoms with van der Waals surface area (Å²) in [6.07, 6.45) is 5.82. The van der Waals surface area contributed by atoms with Crippen molar-refractivity contribution in [2.24, 2.45) is 11.7 Å². The van der Waals surface area contributed by atoms with Crippen LogP contribution in [0.15, 0.2) is 42.5 Å². The van der Waals surface area contributed by atoms with Crippen LogP contribution in [-0.4, -0.2) is 12.5 Å². The van der Waals surface area contributed by atoms with Crippen LogP contribution in [0.2, 0.25) is 0 Å². The number of nitrogens with two attached hydrogens (primary N) is 1. The minimum atomic E-state index is -0.130. The lowest BCUT2D eigenvalue weighted by Gasteiger charge is -2.15. The average Bonchev–Trinajstić information content (AvgIpc) is 2.90. The molecule has 0 saturated heterocycles. The Kier molecular flexibility index (Phi) is 3.94. The molecule has 0 heterocycles. The van der Waals surface area contributed by atoms with Gasteiger partial charge >= 0.3 is 0 Å². The molecule has 3 nitrogen and oxygen atoms in total. The number of hydrogen-bond acceptors (Lipinski definition) is 2. The maximum Gasteiger partial charge on any atom is 0.223 e. The topological polar surface area (TPSA) is 55.1 Å². The lowest BCUT2D eigenvalue weighted by Crippen LogP contribution is -2.35. The molecular formula is C14H18N2O. The molecule has 1 unspecified atom stereocenters. The van der Waals surface area contributed by atoms with Gasteiger partial charge in [-0.15, -0.1) is 0 Å². The van der Waals surface area contributed by atoms with Crippen molar-refractivity contribution in [3.63, 3.8) is 0 Å². The lowest BCUT2D eigenvalue weighted by atomic mass is 10.1. The van der Waals surface area contributed by atoms with E-state index >= 15 is 0 Å². The van der Waals surface area contributed by atoms with Crippen molar-refractivity contribution in [1.29, 1.82) is 0 Å². The summed E-state index contributed by atoms with van der Waals surface area (Å²) in [4.78, 5) is 11.8. The van der Waals surface area contributed by atoms with Crippen molar-refractivity contribution in [2.45, 2.75) is 18.9 Å². The molecule has 3 N–H and O–H groups in total. The van der Waals surface area contributed by atoms with Crippen LogP contribution in [0.4, 0.5) is 0 Å². The number of benzene rings is 1. The summed E-state index contributed by atoms with van der Waals surface area (Å²) in [5, 5.41) is 2.92. The molecule has 1 aliphatic rings. The standard InChI is InChI=1S/C14H18N2O/c15-13(11-6-2-1-3-7-11)10-16-14(17)12-8-4-5-9-12/h1-7,12-13H,8-10,15H2,(H,16,17). The van der Waals surface area contributed by atoms with Crippen molar-refractivity contribution >= 4 is 5.91 Å². The van der Waals surface area contributed by atoms with Crippen LogP contribution in [0.5, 0.6) is 0 Å². The molecule has 0 aliphatic heterocycles. The Labute approximate surface area is 102 Å². The highest BCUT2D eigenvalue weighted by atomic mass is 16.1. The average molecular weight is 230 g/mol. The molecule has 1 aromatic carbocycles. The summed E-state index contributed by atoms with van der Waals surface area (Å²) in [5.41, 5.74) is 7.06. The van der Waals surface area contributed by atoms with Crippen LogP contribution < -0.4 is 11.1 Å². The van der Waals surface area contributed by atoms with E-state index in [9.17, 15) is 4.79 Å². The number of carbonyl (C=O) groups is 1. The maximum absolute atomic E-state index is 11.8. The highest BCUT2D eigenvalue weighted by molar-refractivity contribution is 5.79. The largest absolute Gasteiger partial charge is 0.354 e. The minimum absolute atomic E-state index is 0.109. The van der Waals surface area contributed by atoms with Crippen molar-refractivity contribution in [3.05, 3.63) is 48.0 Å². The lowest BCUT2D eigenvalue weighted by molar-refractivity contribution is -0.124. The Morgan fingerprint density at radius 2 is 1.94 bits per heavy atom. The van der Waals surface area contributed by atoms with Gasteiger partial charge in [-0.2, -0.15) is 0 Å². The van der Waals surface area contributed by atoms with E-state index < -0.39 is 0 Å². The third kappa shape index (κ3) is 3.17. The fourth-order valence-electron chi connectivity index (χ4n) is 2.00. The van der Waals surface area contributed by atoms with Crippen molar-refractivity contribution in [1.82, 2.24) is 5.32 Å². The van der Waals surface area contributed by atoms with Gasteiger partial charge in [-0.05, 0) is 18.4 Å². The van der Waals surface area contributed by atoms with E-state index in [-0.39, 0.29) is 17.9 Å². The van der Waals surface area contributed by atoms with Gasteiger partial charge in [0.05, 0.1) is 0 Å². The van der Waals surface area contributed by atoms with Gasteiger partial charge in [0, 0.05) is 18.5 Å². The van der Waals surface area contributed by atoms with Crippen molar-refractivity contribution in [3.8, 4) is 0 Å².